The van der Waals surface area contributed by atoms with Crippen LogP contribution in [-0.4, -0.2) is 9.91 Å². The molecule has 0 aliphatic carbocycles. The Morgan fingerprint density at radius 2 is 2.00 bits per heavy atom. The number of H-pyrrole nitrogens is 1. The topological polar surface area (TPSA) is 58.9 Å². The number of nitrogens with zero attached hydrogens (tertiary/aromatic N) is 1. The molecule has 0 saturated carbocycles. The first-order chi connectivity index (χ1) is 8.99. The van der Waals surface area contributed by atoms with Crippen molar-refractivity contribution in [1.82, 2.24) is 4.98 Å². The maximum absolute atomic E-state index is 11.1. The molecule has 0 aliphatic heterocycles. The van der Waals surface area contributed by atoms with Gasteiger partial charge < -0.3 is 4.98 Å². The van der Waals surface area contributed by atoms with Crippen LogP contribution in [0.4, 0.5) is 5.69 Å². The zero-order valence-corrected chi connectivity index (χ0v) is 12.0. The summed E-state index contributed by atoms with van der Waals surface area (Å²) in [7, 11) is 0. The van der Waals surface area contributed by atoms with Crippen molar-refractivity contribution in [1.29, 1.82) is 0 Å². The van der Waals surface area contributed by atoms with Crippen LogP contribution in [0.25, 0.3) is 21.8 Å². The van der Waals surface area contributed by atoms with Crippen LogP contribution >= 0.6 is 15.9 Å². The Hall–Kier alpha value is -1.88. The average Bonchev–Trinajstić information content (AvgIpc) is 2.72. The summed E-state index contributed by atoms with van der Waals surface area (Å²) >= 11 is 3.45. The standard InChI is InChI=1S/C14H11BrN2O2/c1-7-5-12(17(18)19)8(2)13-10-6-9(15)3-4-11(10)16-14(7)13/h3-6,16H,1-2H3. The molecule has 4 nitrogen and oxygen atoms in total. The molecule has 0 fully saturated rings. The quantitative estimate of drug-likeness (QED) is 0.526. The summed E-state index contributed by atoms with van der Waals surface area (Å²) in [6, 6.07) is 7.55. The molecular weight excluding hydrogens is 308 g/mol. The lowest BCUT2D eigenvalue weighted by atomic mass is 10.0. The van der Waals surface area contributed by atoms with E-state index in [0.717, 1.165) is 31.8 Å². The highest BCUT2D eigenvalue weighted by atomic mass is 79.9. The second kappa shape index (κ2) is 4.06. The van der Waals surface area contributed by atoms with E-state index in [1.54, 1.807) is 13.0 Å². The van der Waals surface area contributed by atoms with Gasteiger partial charge in [0.05, 0.1) is 10.4 Å². The Morgan fingerprint density at radius 1 is 1.26 bits per heavy atom. The Morgan fingerprint density at radius 3 is 2.68 bits per heavy atom. The van der Waals surface area contributed by atoms with Crippen LogP contribution in [-0.2, 0) is 0 Å². The van der Waals surface area contributed by atoms with Crippen LogP contribution in [0.1, 0.15) is 11.1 Å². The van der Waals surface area contributed by atoms with Crippen molar-refractivity contribution in [3.05, 3.63) is 50.0 Å². The summed E-state index contributed by atoms with van der Waals surface area (Å²) in [5.74, 6) is 0. The molecule has 0 saturated heterocycles. The summed E-state index contributed by atoms with van der Waals surface area (Å²) < 4.78 is 0.962. The Balaban J connectivity index is 2.57. The predicted molar refractivity (Wildman–Crippen MR) is 79.6 cm³/mol. The maximum atomic E-state index is 11.1. The molecular formula is C14H11BrN2O2. The number of hydrogen-bond donors (Lipinski definition) is 1. The SMILES string of the molecule is Cc1cc([N+](=O)[O-])c(C)c2c1[nH]c1ccc(Br)cc12. The minimum Gasteiger partial charge on any atom is -0.354 e. The Bertz CT molecular complexity index is 836. The number of nitro benzene ring substituents is 1. The van der Waals surface area contributed by atoms with E-state index in [4.69, 9.17) is 0 Å². The van der Waals surface area contributed by atoms with Crippen LogP contribution in [0.5, 0.6) is 0 Å². The van der Waals surface area contributed by atoms with Gasteiger partial charge in [0.25, 0.3) is 5.69 Å². The fourth-order valence-corrected chi connectivity index (χ4v) is 2.91. The van der Waals surface area contributed by atoms with Crippen molar-refractivity contribution in [3.63, 3.8) is 0 Å². The van der Waals surface area contributed by atoms with E-state index in [0.29, 0.717) is 5.56 Å². The molecule has 19 heavy (non-hydrogen) atoms. The van der Waals surface area contributed by atoms with Crippen molar-refractivity contribution in [2.24, 2.45) is 0 Å². The van der Waals surface area contributed by atoms with Crippen LogP contribution in [0.15, 0.2) is 28.7 Å². The molecule has 0 amide bonds. The average molecular weight is 319 g/mol. The molecule has 96 valence electrons. The molecule has 0 unspecified atom stereocenters. The molecule has 1 aromatic heterocycles. The van der Waals surface area contributed by atoms with Gasteiger partial charge in [-0.3, -0.25) is 10.1 Å². The number of rotatable bonds is 1. The molecule has 3 aromatic rings. The van der Waals surface area contributed by atoms with Gasteiger partial charge in [0.15, 0.2) is 0 Å². The lowest BCUT2D eigenvalue weighted by molar-refractivity contribution is -0.385. The molecule has 3 rings (SSSR count). The van der Waals surface area contributed by atoms with E-state index < -0.39 is 0 Å². The molecule has 2 aromatic carbocycles. The Labute approximate surface area is 117 Å². The van der Waals surface area contributed by atoms with E-state index in [-0.39, 0.29) is 10.6 Å². The van der Waals surface area contributed by atoms with Crippen LogP contribution < -0.4 is 0 Å². The van der Waals surface area contributed by atoms with E-state index in [1.807, 2.05) is 25.1 Å². The first kappa shape index (κ1) is 12.2. The van der Waals surface area contributed by atoms with Gasteiger partial charge in [0.1, 0.15) is 0 Å². The zero-order chi connectivity index (χ0) is 13.7. The second-order valence-electron chi connectivity index (χ2n) is 4.66. The lowest BCUT2D eigenvalue weighted by Crippen LogP contribution is -1.93. The van der Waals surface area contributed by atoms with Gasteiger partial charge in [-0.2, -0.15) is 0 Å². The summed E-state index contributed by atoms with van der Waals surface area (Å²) in [4.78, 5) is 14.1. The molecule has 0 radical (unpaired) electrons. The molecule has 1 N–H and O–H groups in total. The smallest absolute Gasteiger partial charge is 0.273 e. The van der Waals surface area contributed by atoms with E-state index in [2.05, 4.69) is 20.9 Å². The van der Waals surface area contributed by atoms with Crippen molar-refractivity contribution in [3.8, 4) is 0 Å². The number of benzene rings is 2. The first-order valence-electron chi connectivity index (χ1n) is 5.84. The van der Waals surface area contributed by atoms with E-state index >= 15 is 0 Å². The third-order valence-corrected chi connectivity index (χ3v) is 3.96. The van der Waals surface area contributed by atoms with Gasteiger partial charge >= 0.3 is 0 Å². The van der Waals surface area contributed by atoms with Gasteiger partial charge in [0, 0.05) is 32.4 Å². The summed E-state index contributed by atoms with van der Waals surface area (Å²) in [5.41, 5.74) is 3.72. The highest BCUT2D eigenvalue weighted by Crippen LogP contribution is 2.36. The number of hydrogen-bond acceptors (Lipinski definition) is 2. The lowest BCUT2D eigenvalue weighted by Gasteiger charge is -2.03. The zero-order valence-electron chi connectivity index (χ0n) is 10.5. The molecule has 0 aliphatic rings. The normalized spacial score (nSPS) is 11.3. The third-order valence-electron chi connectivity index (χ3n) is 3.46. The summed E-state index contributed by atoms with van der Waals surface area (Å²) in [6.45, 7) is 3.69. The number of nitro groups is 1. The maximum Gasteiger partial charge on any atom is 0.273 e. The number of aromatic amines is 1. The molecule has 0 spiro atoms. The summed E-state index contributed by atoms with van der Waals surface area (Å²) in [6.07, 6.45) is 0. The van der Waals surface area contributed by atoms with Gasteiger partial charge in [-0.15, -0.1) is 0 Å². The van der Waals surface area contributed by atoms with Crippen molar-refractivity contribution >= 4 is 43.4 Å². The minimum atomic E-state index is -0.321. The van der Waals surface area contributed by atoms with Crippen molar-refractivity contribution < 1.29 is 4.92 Å². The number of halogens is 1. The number of aryl methyl sites for hydroxylation is 2. The van der Waals surface area contributed by atoms with Crippen molar-refractivity contribution in [2.45, 2.75) is 13.8 Å². The second-order valence-corrected chi connectivity index (χ2v) is 5.58. The number of fused-ring (bicyclic) bond motifs is 3. The van der Waals surface area contributed by atoms with Gasteiger partial charge in [-0.1, -0.05) is 15.9 Å². The largest absolute Gasteiger partial charge is 0.354 e. The number of nitrogens with one attached hydrogen (secondary N) is 1. The Kier molecular flexibility index (Phi) is 2.60. The van der Waals surface area contributed by atoms with Crippen LogP contribution in [0.3, 0.4) is 0 Å². The highest BCUT2D eigenvalue weighted by molar-refractivity contribution is 9.10. The summed E-state index contributed by atoms with van der Waals surface area (Å²) in [5, 5.41) is 13.1. The van der Waals surface area contributed by atoms with Crippen LogP contribution in [0.2, 0.25) is 0 Å². The molecule has 0 atom stereocenters. The fourth-order valence-electron chi connectivity index (χ4n) is 2.55. The van der Waals surface area contributed by atoms with Crippen molar-refractivity contribution in [2.75, 3.05) is 0 Å². The van der Waals surface area contributed by atoms with E-state index in [9.17, 15) is 10.1 Å². The predicted octanol–water partition coefficient (Wildman–Crippen LogP) is 4.61. The highest BCUT2D eigenvalue weighted by Gasteiger charge is 2.18. The van der Waals surface area contributed by atoms with Gasteiger partial charge in [-0.25, -0.2) is 0 Å². The monoisotopic (exact) mass is 318 g/mol. The van der Waals surface area contributed by atoms with Gasteiger partial charge in [0.2, 0.25) is 0 Å². The molecule has 1 heterocycles. The van der Waals surface area contributed by atoms with Gasteiger partial charge in [-0.05, 0) is 37.6 Å². The number of aromatic nitrogens is 1. The molecule has 5 heteroatoms. The minimum absolute atomic E-state index is 0.172. The van der Waals surface area contributed by atoms with Crippen LogP contribution in [0, 0.1) is 24.0 Å². The van der Waals surface area contributed by atoms with E-state index in [1.165, 1.54) is 0 Å². The molecule has 0 bridgehead atoms. The first-order valence-corrected chi connectivity index (χ1v) is 6.64. The third kappa shape index (κ3) is 1.73. The fraction of sp³-hybridized carbons (Fsp3) is 0.143.